The maximum atomic E-state index is 11.7. The SMILES string of the molecule is CC1(C)C(/C=C/C2=C(O)C(=C/C=C3/N(CCC[N+](C)(C)C)c4ccccc4C3(C)C)/CCC2)=[N+](CCC[N+](C)(C)C)c2ccccc21. The second-order valence-corrected chi connectivity index (χ2v) is 17.0. The highest BCUT2D eigenvalue weighted by Gasteiger charge is 2.44. The van der Waals surface area contributed by atoms with Crippen molar-refractivity contribution in [3.8, 4) is 0 Å². The Morgan fingerprint density at radius 1 is 0.766 bits per heavy atom. The van der Waals surface area contributed by atoms with Crippen molar-refractivity contribution in [2.24, 2.45) is 0 Å². The molecule has 0 spiro atoms. The Kier molecular flexibility index (Phi) is 9.84. The maximum Gasteiger partial charge on any atom is 0.209 e. The molecule has 2 aromatic carbocycles. The molecule has 0 fully saturated rings. The number of allylic oxidation sites excluding steroid dienone is 7. The summed E-state index contributed by atoms with van der Waals surface area (Å²) in [6.45, 7) is 13.6. The van der Waals surface area contributed by atoms with E-state index in [4.69, 9.17) is 0 Å². The number of benzene rings is 2. The fourth-order valence-electron chi connectivity index (χ4n) is 7.77. The Balaban J connectivity index is 1.46. The van der Waals surface area contributed by atoms with Gasteiger partial charge in [-0.1, -0.05) is 56.3 Å². The third-order valence-electron chi connectivity index (χ3n) is 10.4. The van der Waals surface area contributed by atoms with Crippen molar-refractivity contribution in [2.75, 3.05) is 73.4 Å². The van der Waals surface area contributed by atoms with Gasteiger partial charge in [0.1, 0.15) is 5.76 Å². The number of aliphatic hydroxyl groups excluding tert-OH is 1. The van der Waals surface area contributed by atoms with Gasteiger partial charge in [0, 0.05) is 47.5 Å². The summed E-state index contributed by atoms with van der Waals surface area (Å²) in [7, 11) is 13.6. The normalized spacial score (nSPS) is 21.0. The van der Waals surface area contributed by atoms with Gasteiger partial charge in [0.2, 0.25) is 5.69 Å². The number of hydrogen-bond donors (Lipinski definition) is 1. The molecule has 47 heavy (non-hydrogen) atoms. The highest BCUT2D eigenvalue weighted by atomic mass is 16.3. The first-order chi connectivity index (χ1) is 22.0. The molecule has 0 aromatic heterocycles. The minimum absolute atomic E-state index is 0.101. The number of nitrogens with zero attached hydrogens (tertiary/aromatic N) is 4. The van der Waals surface area contributed by atoms with Crippen LogP contribution in [-0.4, -0.2) is 92.8 Å². The Hall–Kier alpha value is -3.41. The summed E-state index contributed by atoms with van der Waals surface area (Å²) >= 11 is 0. The van der Waals surface area contributed by atoms with Gasteiger partial charge in [-0.15, -0.1) is 0 Å². The standard InChI is InChI=1S/C42H60N4O/c1-41(2)34-20-11-13-22-36(34)43(28-16-30-45(5,6)7)38(41)26-24-32-18-15-19-33(40(32)47)25-27-39-42(3,4)35-21-12-14-23-37(35)44(39)29-17-31-46(8,9)10/h11-14,20-27H,15-19,28-31H2,1-10H3/q+2/p+1/b32-24+,38-26+. The topological polar surface area (TPSA) is 26.5 Å². The lowest BCUT2D eigenvalue weighted by Gasteiger charge is -2.29. The van der Waals surface area contributed by atoms with Gasteiger partial charge in [-0.3, -0.25) is 0 Å². The molecule has 0 unspecified atom stereocenters. The molecular formula is C42H61N4O+3. The molecule has 2 heterocycles. The molecule has 2 aliphatic heterocycles. The second kappa shape index (κ2) is 13.2. The van der Waals surface area contributed by atoms with Crippen LogP contribution in [0.25, 0.3) is 0 Å². The van der Waals surface area contributed by atoms with Crippen molar-refractivity contribution in [1.29, 1.82) is 0 Å². The summed E-state index contributed by atoms with van der Waals surface area (Å²) < 4.78 is 4.46. The first kappa shape index (κ1) is 34.9. The highest BCUT2D eigenvalue weighted by molar-refractivity contribution is 6.03. The molecule has 252 valence electrons. The molecule has 0 radical (unpaired) electrons. The predicted molar refractivity (Wildman–Crippen MR) is 200 cm³/mol. The zero-order valence-corrected chi connectivity index (χ0v) is 31.0. The fourth-order valence-corrected chi connectivity index (χ4v) is 7.77. The molecule has 0 atom stereocenters. The number of quaternary nitrogens is 2. The smallest absolute Gasteiger partial charge is 0.209 e. The maximum absolute atomic E-state index is 11.7. The minimum atomic E-state index is -0.101. The molecule has 0 saturated heterocycles. The van der Waals surface area contributed by atoms with E-state index in [-0.39, 0.29) is 10.8 Å². The molecule has 5 nitrogen and oxygen atoms in total. The zero-order chi connectivity index (χ0) is 34.2. The van der Waals surface area contributed by atoms with E-state index in [9.17, 15) is 5.11 Å². The monoisotopic (exact) mass is 637 g/mol. The van der Waals surface area contributed by atoms with Crippen LogP contribution in [-0.2, 0) is 10.8 Å². The van der Waals surface area contributed by atoms with Crippen molar-refractivity contribution in [3.05, 3.63) is 107 Å². The van der Waals surface area contributed by atoms with Crippen LogP contribution in [0.1, 0.15) is 70.9 Å². The van der Waals surface area contributed by atoms with E-state index in [0.29, 0.717) is 5.76 Å². The Morgan fingerprint density at radius 3 is 2.11 bits per heavy atom. The summed E-state index contributed by atoms with van der Waals surface area (Å²) in [6, 6.07) is 17.7. The summed E-state index contributed by atoms with van der Waals surface area (Å²) in [6.07, 6.45) is 14.1. The molecule has 3 aliphatic rings. The Labute approximate surface area is 285 Å². The van der Waals surface area contributed by atoms with E-state index in [1.165, 1.54) is 33.9 Å². The van der Waals surface area contributed by atoms with Gasteiger partial charge >= 0.3 is 0 Å². The first-order valence-corrected chi connectivity index (χ1v) is 17.7. The summed E-state index contributed by atoms with van der Waals surface area (Å²) in [5, 5.41) is 11.7. The molecule has 0 amide bonds. The number of rotatable bonds is 11. The van der Waals surface area contributed by atoms with Gasteiger partial charge in [0.15, 0.2) is 12.3 Å². The van der Waals surface area contributed by atoms with Crippen molar-refractivity contribution in [3.63, 3.8) is 0 Å². The average Bonchev–Trinajstić information content (AvgIpc) is 3.33. The van der Waals surface area contributed by atoms with Crippen molar-refractivity contribution in [2.45, 2.75) is 70.6 Å². The van der Waals surface area contributed by atoms with Crippen LogP contribution >= 0.6 is 0 Å². The number of anilines is 1. The van der Waals surface area contributed by atoms with E-state index in [1.54, 1.807) is 0 Å². The van der Waals surface area contributed by atoms with Crippen LogP contribution in [0.2, 0.25) is 0 Å². The van der Waals surface area contributed by atoms with Gasteiger partial charge in [-0.2, -0.15) is 4.58 Å². The third kappa shape index (κ3) is 7.52. The van der Waals surface area contributed by atoms with E-state index < -0.39 is 0 Å². The first-order valence-electron chi connectivity index (χ1n) is 17.7. The largest absolute Gasteiger partial charge is 0.507 e. The van der Waals surface area contributed by atoms with E-state index >= 15 is 0 Å². The minimum Gasteiger partial charge on any atom is -0.507 e. The molecule has 1 aliphatic carbocycles. The van der Waals surface area contributed by atoms with Crippen LogP contribution in [0.4, 0.5) is 11.4 Å². The lowest BCUT2D eigenvalue weighted by Crippen LogP contribution is -2.37. The molecule has 5 heteroatoms. The van der Waals surface area contributed by atoms with E-state index in [0.717, 1.165) is 78.4 Å². The molecule has 2 aromatic rings. The van der Waals surface area contributed by atoms with Crippen molar-refractivity contribution in [1.82, 2.24) is 0 Å². The lowest BCUT2D eigenvalue weighted by atomic mass is 9.81. The fraction of sp³-hybridized carbons (Fsp3) is 0.500. The molecule has 5 rings (SSSR count). The number of para-hydroxylation sites is 2. The van der Waals surface area contributed by atoms with Gasteiger partial charge in [0.05, 0.1) is 67.2 Å². The zero-order valence-electron chi connectivity index (χ0n) is 31.0. The lowest BCUT2D eigenvalue weighted by molar-refractivity contribution is -0.871. The number of aliphatic hydroxyl groups is 1. The Bertz CT molecular complexity index is 1630. The second-order valence-electron chi connectivity index (χ2n) is 17.0. The number of hydrogen-bond acceptors (Lipinski definition) is 2. The van der Waals surface area contributed by atoms with Gasteiger partial charge in [-0.25, -0.2) is 0 Å². The Morgan fingerprint density at radius 2 is 1.40 bits per heavy atom. The van der Waals surface area contributed by atoms with Crippen LogP contribution in [0, 0.1) is 0 Å². The van der Waals surface area contributed by atoms with Crippen LogP contribution in [0.3, 0.4) is 0 Å². The number of fused-ring (bicyclic) bond motifs is 2. The van der Waals surface area contributed by atoms with Gasteiger partial charge in [0.25, 0.3) is 0 Å². The summed E-state index contributed by atoms with van der Waals surface area (Å²) in [5.74, 6) is 0.458. The molecule has 0 saturated carbocycles. The molecule has 1 N–H and O–H groups in total. The third-order valence-corrected chi connectivity index (χ3v) is 10.4. The summed E-state index contributed by atoms with van der Waals surface area (Å²) in [4.78, 5) is 2.52. The van der Waals surface area contributed by atoms with Gasteiger partial charge in [-0.05, 0) is 68.0 Å². The van der Waals surface area contributed by atoms with E-state index in [1.807, 2.05) is 0 Å². The van der Waals surface area contributed by atoms with Crippen molar-refractivity contribution >= 4 is 17.1 Å². The van der Waals surface area contributed by atoms with Crippen LogP contribution in [0.5, 0.6) is 0 Å². The average molecular weight is 638 g/mol. The van der Waals surface area contributed by atoms with Crippen LogP contribution < -0.4 is 4.90 Å². The van der Waals surface area contributed by atoms with Crippen molar-refractivity contribution < 1.29 is 18.6 Å². The van der Waals surface area contributed by atoms with Crippen LogP contribution in [0.15, 0.2) is 95.4 Å². The van der Waals surface area contributed by atoms with Gasteiger partial charge < -0.3 is 19.0 Å². The highest BCUT2D eigenvalue weighted by Crippen LogP contribution is 2.48. The van der Waals surface area contributed by atoms with E-state index in [2.05, 4.69) is 152 Å². The quantitative estimate of drug-likeness (QED) is 0.198. The molecular weight excluding hydrogens is 576 g/mol. The predicted octanol–water partition coefficient (Wildman–Crippen LogP) is 8.42. The molecule has 0 bridgehead atoms. The summed E-state index contributed by atoms with van der Waals surface area (Å²) in [5.41, 5.74) is 9.90.